The van der Waals surface area contributed by atoms with E-state index in [2.05, 4.69) is 56.5 Å². The largest absolute Gasteiger partial charge is 0.507 e. The fourth-order valence-corrected chi connectivity index (χ4v) is 5.99. The molecule has 12 nitrogen and oxygen atoms in total. The Morgan fingerprint density at radius 1 is 0.404 bits per heavy atom. The van der Waals surface area contributed by atoms with Crippen molar-refractivity contribution in [1.82, 2.24) is 15.0 Å². The summed E-state index contributed by atoms with van der Waals surface area (Å²) in [4.78, 5) is 46.4. The molecule has 0 amide bonds. The van der Waals surface area contributed by atoms with E-state index in [0.717, 1.165) is 57.8 Å². The lowest BCUT2D eigenvalue weighted by atomic mass is 10.1. The number of phenolic OH excluding ortho intramolecular Hbond substituents is 3. The van der Waals surface area contributed by atoms with Crippen molar-refractivity contribution in [2.75, 3.05) is 19.8 Å². The predicted molar refractivity (Wildman–Crippen MR) is 221 cm³/mol. The highest BCUT2D eigenvalue weighted by atomic mass is 17.2. The Morgan fingerprint density at radius 2 is 0.684 bits per heavy atom. The molecule has 0 saturated heterocycles. The highest BCUT2D eigenvalue weighted by Crippen LogP contribution is 2.38. The van der Waals surface area contributed by atoms with Crippen molar-refractivity contribution in [3.8, 4) is 68.7 Å². The second-order valence-electron chi connectivity index (χ2n) is 15.8. The molecule has 0 fully saturated rings. The zero-order valence-corrected chi connectivity index (χ0v) is 34.7. The van der Waals surface area contributed by atoms with Crippen LogP contribution in [0.1, 0.15) is 119 Å². The summed E-state index contributed by atoms with van der Waals surface area (Å²) in [5.74, 6) is 2.72. The van der Waals surface area contributed by atoms with Gasteiger partial charge in [-0.3, -0.25) is 0 Å². The van der Waals surface area contributed by atoms with Crippen LogP contribution in [0, 0.1) is 17.8 Å². The molecule has 0 spiro atoms. The van der Waals surface area contributed by atoms with E-state index in [1.165, 1.54) is 37.5 Å². The molecule has 4 aromatic rings. The molecule has 0 aliphatic carbocycles. The van der Waals surface area contributed by atoms with Crippen molar-refractivity contribution in [3.05, 3.63) is 54.6 Å². The average molecular weight is 790 g/mol. The standard InChI is InChI=1S/C45H63N3O9/c1-31(2)16-10-7-13-25-52-55-34-19-22-37(40(49)28-34)43-46-44(38-23-20-35(29-41(38)50)56-53-26-14-8-11-17-32(3)4)48-45(47-43)39-24-21-36(30-42(39)51)57-54-27-15-9-12-18-33(5)6/h19-24,28-33,49-51H,7-18,25-27H2,1-6H3. The summed E-state index contributed by atoms with van der Waals surface area (Å²) in [5.41, 5.74) is 0.801. The fourth-order valence-electron chi connectivity index (χ4n) is 5.99. The van der Waals surface area contributed by atoms with Gasteiger partial charge in [0.1, 0.15) is 17.2 Å². The number of nitrogens with zero attached hydrogens (tertiary/aromatic N) is 3. The summed E-state index contributed by atoms with van der Waals surface area (Å²) in [6.45, 7) is 14.6. The summed E-state index contributed by atoms with van der Waals surface area (Å²) in [6.07, 6.45) is 12.7. The molecular weight excluding hydrogens is 727 g/mol. The number of hydrogen-bond acceptors (Lipinski definition) is 12. The molecule has 0 radical (unpaired) electrons. The zero-order valence-electron chi connectivity index (χ0n) is 34.7. The van der Waals surface area contributed by atoms with Gasteiger partial charge in [0.05, 0.1) is 36.5 Å². The third-order valence-corrected chi connectivity index (χ3v) is 9.26. The van der Waals surface area contributed by atoms with Gasteiger partial charge in [-0.05, 0) is 73.4 Å². The Morgan fingerprint density at radius 3 is 0.930 bits per heavy atom. The molecule has 0 aliphatic heterocycles. The van der Waals surface area contributed by atoms with E-state index in [1.807, 2.05) is 0 Å². The summed E-state index contributed by atoms with van der Waals surface area (Å²) >= 11 is 0. The van der Waals surface area contributed by atoms with Crippen LogP contribution in [0.3, 0.4) is 0 Å². The number of aromatic nitrogens is 3. The van der Waals surface area contributed by atoms with Gasteiger partial charge in [0.2, 0.25) is 0 Å². The molecule has 0 bridgehead atoms. The molecule has 0 atom stereocenters. The molecular formula is C45H63N3O9. The van der Waals surface area contributed by atoms with E-state index >= 15 is 0 Å². The van der Waals surface area contributed by atoms with Gasteiger partial charge in [-0.15, -0.1) is 0 Å². The van der Waals surface area contributed by atoms with Crippen molar-refractivity contribution in [1.29, 1.82) is 0 Å². The van der Waals surface area contributed by atoms with Gasteiger partial charge in [-0.1, -0.05) is 99.3 Å². The molecule has 0 unspecified atom stereocenters. The Bertz CT molecular complexity index is 1570. The quantitative estimate of drug-likeness (QED) is 0.0299. The summed E-state index contributed by atoms with van der Waals surface area (Å²) in [7, 11) is 0. The summed E-state index contributed by atoms with van der Waals surface area (Å²) in [6, 6.07) is 14.0. The van der Waals surface area contributed by atoms with Gasteiger partial charge in [0, 0.05) is 18.2 Å². The van der Waals surface area contributed by atoms with Crippen LogP contribution in [0.2, 0.25) is 0 Å². The first-order valence-corrected chi connectivity index (χ1v) is 20.6. The maximum absolute atomic E-state index is 11.1. The van der Waals surface area contributed by atoms with Crippen molar-refractivity contribution in [2.24, 2.45) is 17.8 Å². The van der Waals surface area contributed by atoms with Crippen LogP contribution in [0.15, 0.2) is 54.6 Å². The second-order valence-corrected chi connectivity index (χ2v) is 15.8. The van der Waals surface area contributed by atoms with Crippen molar-refractivity contribution in [3.63, 3.8) is 0 Å². The van der Waals surface area contributed by atoms with Gasteiger partial charge < -0.3 is 30.0 Å². The minimum absolute atomic E-state index is 0.0891. The van der Waals surface area contributed by atoms with Gasteiger partial charge in [0.15, 0.2) is 34.7 Å². The van der Waals surface area contributed by atoms with E-state index in [1.54, 1.807) is 36.4 Å². The molecule has 12 heteroatoms. The van der Waals surface area contributed by atoms with Crippen molar-refractivity contribution < 1.29 is 44.6 Å². The van der Waals surface area contributed by atoms with E-state index in [4.69, 9.17) is 29.3 Å². The molecule has 3 N–H and O–H groups in total. The van der Waals surface area contributed by atoms with Gasteiger partial charge >= 0.3 is 0 Å². The Hall–Kier alpha value is -4.65. The monoisotopic (exact) mass is 789 g/mol. The number of aromatic hydroxyl groups is 3. The molecule has 312 valence electrons. The second kappa shape index (κ2) is 24.2. The van der Waals surface area contributed by atoms with Gasteiger partial charge in [-0.2, -0.15) is 14.7 Å². The van der Waals surface area contributed by atoms with Gasteiger partial charge in [0.25, 0.3) is 0 Å². The number of phenols is 3. The third kappa shape index (κ3) is 16.0. The molecule has 0 aliphatic rings. The normalized spacial score (nSPS) is 11.5. The minimum Gasteiger partial charge on any atom is -0.507 e. The first-order chi connectivity index (χ1) is 27.5. The van der Waals surface area contributed by atoms with E-state index in [-0.39, 0.29) is 51.4 Å². The van der Waals surface area contributed by atoms with Gasteiger partial charge in [-0.25, -0.2) is 15.0 Å². The number of rotatable bonds is 27. The molecule has 4 rings (SSSR count). The lowest BCUT2D eigenvalue weighted by Crippen LogP contribution is -2.03. The predicted octanol–water partition coefficient (Wildman–Crippen LogP) is 11.6. The number of unbranched alkanes of at least 4 members (excludes halogenated alkanes) is 6. The van der Waals surface area contributed by atoms with E-state index in [0.29, 0.717) is 54.8 Å². The molecule has 1 aromatic heterocycles. The van der Waals surface area contributed by atoms with Crippen molar-refractivity contribution >= 4 is 0 Å². The number of hydrogen-bond donors (Lipinski definition) is 3. The molecule has 57 heavy (non-hydrogen) atoms. The lowest BCUT2D eigenvalue weighted by molar-refractivity contribution is -0.207. The van der Waals surface area contributed by atoms with Crippen molar-refractivity contribution in [2.45, 2.75) is 119 Å². The highest BCUT2D eigenvalue weighted by molar-refractivity contribution is 5.74. The maximum Gasteiger partial charge on any atom is 0.169 e. The average Bonchev–Trinajstić information content (AvgIpc) is 3.16. The van der Waals surface area contributed by atoms with Crippen LogP contribution >= 0.6 is 0 Å². The SMILES string of the molecule is CC(C)CCCCCOOc1ccc(-c2nc(-c3ccc(OOCCCCCC(C)C)cc3O)nc(-c3ccc(OOCCCCCC(C)C)cc3O)n2)c(O)c1. The van der Waals surface area contributed by atoms with Crippen LogP contribution in [-0.2, 0) is 14.7 Å². The molecule has 3 aromatic carbocycles. The van der Waals surface area contributed by atoms with Crippen LogP contribution < -0.4 is 14.7 Å². The maximum atomic E-state index is 11.1. The number of benzene rings is 3. The minimum atomic E-state index is -0.167. The highest BCUT2D eigenvalue weighted by Gasteiger charge is 2.20. The lowest BCUT2D eigenvalue weighted by Gasteiger charge is -2.13. The van der Waals surface area contributed by atoms with E-state index in [9.17, 15) is 15.3 Å². The topological polar surface area (TPSA) is 155 Å². The smallest absolute Gasteiger partial charge is 0.169 e. The summed E-state index contributed by atoms with van der Waals surface area (Å²) in [5, 5.41) is 33.4. The molecule has 1 heterocycles. The first-order valence-electron chi connectivity index (χ1n) is 20.6. The fraction of sp³-hybridized carbons (Fsp3) is 0.533. The Kier molecular flexibility index (Phi) is 19.1. The van der Waals surface area contributed by atoms with Crippen LogP contribution in [-0.4, -0.2) is 50.1 Å². The van der Waals surface area contributed by atoms with Crippen LogP contribution in [0.25, 0.3) is 34.2 Å². The summed E-state index contributed by atoms with van der Waals surface area (Å²) < 4.78 is 0. The third-order valence-electron chi connectivity index (χ3n) is 9.26. The first kappa shape index (κ1) is 45.1. The van der Waals surface area contributed by atoms with Crippen LogP contribution in [0.4, 0.5) is 0 Å². The zero-order chi connectivity index (χ0) is 41.0. The van der Waals surface area contributed by atoms with Crippen LogP contribution in [0.5, 0.6) is 34.5 Å². The Labute approximate surface area is 338 Å². The Balaban J connectivity index is 1.52. The van der Waals surface area contributed by atoms with E-state index < -0.39 is 0 Å². The molecule has 0 saturated carbocycles.